The molecule has 0 radical (unpaired) electrons. The van der Waals surface area contributed by atoms with E-state index in [0.717, 1.165) is 24.3 Å². The fourth-order valence-electron chi connectivity index (χ4n) is 3.69. The molecule has 1 saturated carbocycles. The second-order valence-electron chi connectivity index (χ2n) is 8.47. The van der Waals surface area contributed by atoms with Crippen molar-refractivity contribution >= 4 is 28.3 Å². The van der Waals surface area contributed by atoms with E-state index in [1.165, 1.54) is 30.6 Å². The molecule has 2 fully saturated rings. The average molecular weight is 365 g/mol. The van der Waals surface area contributed by atoms with Gasteiger partial charge in [-0.05, 0) is 18.3 Å². The van der Waals surface area contributed by atoms with E-state index in [0.29, 0.717) is 24.1 Å². The van der Waals surface area contributed by atoms with Gasteiger partial charge in [0.05, 0.1) is 5.92 Å². The zero-order valence-corrected chi connectivity index (χ0v) is 16.2. The summed E-state index contributed by atoms with van der Waals surface area (Å²) < 4.78 is 0. The summed E-state index contributed by atoms with van der Waals surface area (Å²) in [6, 6.07) is 0.332. The van der Waals surface area contributed by atoms with E-state index in [9.17, 15) is 9.59 Å². The summed E-state index contributed by atoms with van der Waals surface area (Å²) >= 11 is 1.42. The van der Waals surface area contributed by atoms with Crippen molar-refractivity contribution in [3.63, 3.8) is 0 Å². The summed E-state index contributed by atoms with van der Waals surface area (Å²) in [4.78, 5) is 26.8. The summed E-state index contributed by atoms with van der Waals surface area (Å²) in [5.74, 6) is -0.257. The van der Waals surface area contributed by atoms with E-state index in [1.807, 2.05) is 4.90 Å². The Morgan fingerprint density at radius 1 is 1.24 bits per heavy atom. The van der Waals surface area contributed by atoms with Crippen molar-refractivity contribution in [2.24, 2.45) is 11.3 Å². The minimum Gasteiger partial charge on any atom is -0.339 e. The smallest absolute Gasteiger partial charge is 0.231 e. The number of hydrogen-bond donors (Lipinski definition) is 1. The minimum atomic E-state index is -0.274. The molecule has 7 heteroatoms. The Labute approximate surface area is 153 Å². The summed E-state index contributed by atoms with van der Waals surface area (Å²) in [5.41, 5.74) is 0.138. The number of rotatable bonds is 4. The third kappa shape index (κ3) is 4.77. The molecule has 2 aliphatic rings. The van der Waals surface area contributed by atoms with E-state index in [4.69, 9.17) is 0 Å². The second kappa shape index (κ2) is 7.40. The maximum Gasteiger partial charge on any atom is 0.231 e. The van der Waals surface area contributed by atoms with Crippen LogP contribution in [0.3, 0.4) is 0 Å². The van der Waals surface area contributed by atoms with Crippen LogP contribution in [-0.4, -0.2) is 39.5 Å². The van der Waals surface area contributed by atoms with Crippen molar-refractivity contribution in [1.29, 1.82) is 0 Å². The zero-order valence-electron chi connectivity index (χ0n) is 15.4. The van der Waals surface area contributed by atoms with E-state index in [-0.39, 0.29) is 23.1 Å². The monoisotopic (exact) mass is 364 g/mol. The summed E-state index contributed by atoms with van der Waals surface area (Å²) in [7, 11) is 0. The van der Waals surface area contributed by atoms with Gasteiger partial charge in [0.2, 0.25) is 16.9 Å². The number of carbonyl (C=O) groups is 2. The van der Waals surface area contributed by atoms with Crippen LogP contribution in [0.1, 0.15) is 64.3 Å². The molecule has 1 aromatic rings. The van der Waals surface area contributed by atoms with Crippen LogP contribution in [0, 0.1) is 11.3 Å². The molecule has 25 heavy (non-hydrogen) atoms. The second-order valence-corrected chi connectivity index (χ2v) is 9.53. The minimum absolute atomic E-state index is 0.106. The first-order valence-electron chi connectivity index (χ1n) is 9.24. The molecular formula is C18H28N4O2S. The topological polar surface area (TPSA) is 75.2 Å². The third-order valence-corrected chi connectivity index (χ3v) is 5.76. The summed E-state index contributed by atoms with van der Waals surface area (Å²) in [6.45, 7) is 6.99. The first-order valence-corrected chi connectivity index (χ1v) is 10.1. The molecule has 2 heterocycles. The van der Waals surface area contributed by atoms with Crippen LogP contribution >= 0.6 is 11.3 Å². The Morgan fingerprint density at radius 2 is 1.96 bits per heavy atom. The molecule has 0 bridgehead atoms. The highest BCUT2D eigenvalue weighted by Crippen LogP contribution is 2.30. The van der Waals surface area contributed by atoms with Crippen LogP contribution in [0.15, 0.2) is 0 Å². The number of nitrogens with zero attached hydrogens (tertiary/aromatic N) is 3. The molecule has 138 valence electrons. The fraction of sp³-hybridized carbons (Fsp3) is 0.778. The van der Waals surface area contributed by atoms with E-state index >= 15 is 0 Å². The van der Waals surface area contributed by atoms with Crippen LogP contribution in [0.25, 0.3) is 0 Å². The van der Waals surface area contributed by atoms with Crippen molar-refractivity contribution in [2.75, 3.05) is 11.9 Å². The molecule has 3 rings (SSSR count). The van der Waals surface area contributed by atoms with Crippen molar-refractivity contribution in [3.8, 4) is 0 Å². The third-order valence-electron chi connectivity index (χ3n) is 4.92. The average Bonchev–Trinajstić information content (AvgIpc) is 3.13. The van der Waals surface area contributed by atoms with Crippen LogP contribution < -0.4 is 5.32 Å². The molecule has 6 nitrogen and oxygen atoms in total. The van der Waals surface area contributed by atoms with Gasteiger partial charge >= 0.3 is 0 Å². The molecule has 0 unspecified atom stereocenters. The van der Waals surface area contributed by atoms with Gasteiger partial charge < -0.3 is 10.2 Å². The van der Waals surface area contributed by atoms with Crippen LogP contribution in [0.2, 0.25) is 0 Å². The van der Waals surface area contributed by atoms with Gasteiger partial charge in [-0.2, -0.15) is 0 Å². The van der Waals surface area contributed by atoms with Gasteiger partial charge in [0.15, 0.2) is 0 Å². The molecule has 1 aromatic heterocycles. The molecule has 1 atom stereocenters. The molecular weight excluding hydrogens is 336 g/mol. The van der Waals surface area contributed by atoms with Crippen LogP contribution in [0.4, 0.5) is 5.13 Å². The van der Waals surface area contributed by atoms with Gasteiger partial charge in [0, 0.05) is 25.4 Å². The maximum absolute atomic E-state index is 12.5. The lowest BCUT2D eigenvalue weighted by Crippen LogP contribution is -2.38. The predicted molar refractivity (Wildman–Crippen MR) is 98.4 cm³/mol. The lowest BCUT2D eigenvalue weighted by Gasteiger charge is -2.31. The summed E-state index contributed by atoms with van der Waals surface area (Å²) in [5, 5.41) is 12.6. The lowest BCUT2D eigenvalue weighted by atomic mass is 9.93. The highest BCUT2D eigenvalue weighted by atomic mass is 32.1. The fourth-order valence-corrected chi connectivity index (χ4v) is 4.73. The highest BCUT2D eigenvalue weighted by molar-refractivity contribution is 7.15. The Balaban J connectivity index is 1.56. The van der Waals surface area contributed by atoms with Gasteiger partial charge in [-0.15, -0.1) is 10.2 Å². The first kappa shape index (κ1) is 18.3. The largest absolute Gasteiger partial charge is 0.339 e. The molecule has 1 saturated heterocycles. The molecule has 1 aliphatic carbocycles. The molecule has 1 N–H and O–H groups in total. The number of aromatic nitrogens is 2. The van der Waals surface area contributed by atoms with Gasteiger partial charge in [-0.1, -0.05) is 51.4 Å². The number of anilines is 1. The Kier molecular flexibility index (Phi) is 5.41. The van der Waals surface area contributed by atoms with E-state index < -0.39 is 0 Å². The zero-order chi connectivity index (χ0) is 18.0. The number of hydrogen-bond acceptors (Lipinski definition) is 5. The predicted octanol–water partition coefficient (Wildman–Crippen LogP) is 3.25. The molecule has 0 aromatic carbocycles. The van der Waals surface area contributed by atoms with Gasteiger partial charge in [0.1, 0.15) is 5.01 Å². The van der Waals surface area contributed by atoms with Crippen molar-refractivity contribution in [2.45, 2.75) is 71.8 Å². The van der Waals surface area contributed by atoms with Crippen LogP contribution in [-0.2, 0) is 16.0 Å². The maximum atomic E-state index is 12.5. The van der Waals surface area contributed by atoms with Crippen molar-refractivity contribution < 1.29 is 9.59 Å². The Hall–Kier alpha value is -1.50. The standard InChI is InChI=1S/C18H28N4O2S/c1-18(2,3)10-14-20-21-17(25-14)19-16(24)12-9-15(23)22(11-12)13-7-5-4-6-8-13/h12-13H,4-11H2,1-3H3,(H,19,21,24)/t12-/m1/s1. The van der Waals surface area contributed by atoms with Gasteiger partial charge in [-0.3, -0.25) is 9.59 Å². The van der Waals surface area contributed by atoms with Gasteiger partial charge in [-0.25, -0.2) is 0 Å². The van der Waals surface area contributed by atoms with E-state index in [2.05, 4.69) is 36.3 Å². The summed E-state index contributed by atoms with van der Waals surface area (Å²) in [6.07, 6.45) is 6.93. The SMILES string of the molecule is CC(C)(C)Cc1nnc(NC(=O)[C@@H]2CC(=O)N(C3CCCCC3)C2)s1. The Bertz CT molecular complexity index is 631. The first-order chi connectivity index (χ1) is 11.8. The quantitative estimate of drug-likeness (QED) is 0.890. The number of amides is 2. The van der Waals surface area contributed by atoms with E-state index in [1.54, 1.807) is 0 Å². The number of likely N-dealkylation sites (tertiary alicyclic amines) is 1. The van der Waals surface area contributed by atoms with Crippen molar-refractivity contribution in [1.82, 2.24) is 15.1 Å². The number of nitrogens with one attached hydrogen (secondary N) is 1. The number of carbonyl (C=O) groups excluding carboxylic acids is 2. The molecule has 1 aliphatic heterocycles. The lowest BCUT2D eigenvalue weighted by molar-refractivity contribution is -0.130. The van der Waals surface area contributed by atoms with Crippen molar-refractivity contribution in [3.05, 3.63) is 5.01 Å². The Morgan fingerprint density at radius 3 is 2.64 bits per heavy atom. The molecule has 0 spiro atoms. The molecule has 2 amide bonds. The highest BCUT2D eigenvalue weighted by Gasteiger charge is 2.38. The van der Waals surface area contributed by atoms with Gasteiger partial charge in [0.25, 0.3) is 0 Å². The van der Waals surface area contributed by atoms with Crippen LogP contribution in [0.5, 0.6) is 0 Å². The normalized spacial score (nSPS) is 22.4.